The Morgan fingerprint density at radius 2 is 1.93 bits per heavy atom. The van der Waals surface area contributed by atoms with Crippen molar-refractivity contribution in [2.45, 2.75) is 33.3 Å². The molecule has 0 bridgehead atoms. The number of carbonyl (C=O) groups is 1. The lowest BCUT2D eigenvalue weighted by Gasteiger charge is -2.32. The van der Waals surface area contributed by atoms with Gasteiger partial charge in [-0.25, -0.2) is 9.97 Å². The molecule has 1 aromatic carbocycles. The van der Waals surface area contributed by atoms with Gasteiger partial charge in [-0.2, -0.15) is 0 Å². The number of aromatic nitrogens is 2. The van der Waals surface area contributed by atoms with Crippen molar-refractivity contribution in [2.24, 2.45) is 5.92 Å². The Morgan fingerprint density at radius 1 is 1.23 bits per heavy atom. The zero-order valence-electron chi connectivity index (χ0n) is 16.8. The van der Waals surface area contributed by atoms with Crippen molar-refractivity contribution in [1.82, 2.24) is 9.97 Å². The molecule has 0 unspecified atom stereocenters. The minimum Gasteiger partial charge on any atom is -0.461 e. The molecule has 1 fully saturated rings. The van der Waals surface area contributed by atoms with Crippen LogP contribution < -0.4 is 4.90 Å². The number of nitro groups is 1. The summed E-state index contributed by atoms with van der Waals surface area (Å²) in [5, 5.41) is 11.8. The molecule has 0 N–H and O–H groups in total. The van der Waals surface area contributed by atoms with E-state index in [1.807, 2.05) is 0 Å². The molecule has 9 heteroatoms. The number of non-ortho nitro benzene ring substituents is 1. The van der Waals surface area contributed by atoms with Gasteiger partial charge in [-0.15, -0.1) is 11.3 Å². The molecule has 0 amide bonds. The second-order valence-corrected chi connectivity index (χ2v) is 8.66. The van der Waals surface area contributed by atoms with Gasteiger partial charge in [0, 0.05) is 30.1 Å². The number of nitrogens with zero attached hydrogens (tertiary/aromatic N) is 4. The highest BCUT2D eigenvalue weighted by molar-refractivity contribution is 7.18. The molecular weight excluding hydrogens is 404 g/mol. The highest BCUT2D eigenvalue weighted by Crippen LogP contribution is 2.35. The number of carbonyl (C=O) groups excluding carboxylic acids is 1. The van der Waals surface area contributed by atoms with Crippen molar-refractivity contribution >= 4 is 39.0 Å². The molecule has 0 saturated carbocycles. The number of benzene rings is 1. The number of hydrogen-bond donors (Lipinski definition) is 0. The minimum atomic E-state index is -0.451. The van der Waals surface area contributed by atoms with Crippen LogP contribution in [0.25, 0.3) is 10.2 Å². The lowest BCUT2D eigenvalue weighted by molar-refractivity contribution is -0.384. The summed E-state index contributed by atoms with van der Waals surface area (Å²) in [6.45, 7) is 5.79. The van der Waals surface area contributed by atoms with Gasteiger partial charge >= 0.3 is 5.97 Å². The number of esters is 1. The highest BCUT2D eigenvalue weighted by Gasteiger charge is 2.28. The first-order valence-electron chi connectivity index (χ1n) is 9.79. The molecule has 156 valence electrons. The van der Waals surface area contributed by atoms with Gasteiger partial charge in [0.15, 0.2) is 0 Å². The van der Waals surface area contributed by atoms with Crippen molar-refractivity contribution < 1.29 is 14.5 Å². The second kappa shape index (κ2) is 8.35. The van der Waals surface area contributed by atoms with E-state index in [4.69, 9.17) is 4.74 Å². The van der Waals surface area contributed by atoms with Crippen LogP contribution in [0.5, 0.6) is 0 Å². The zero-order chi connectivity index (χ0) is 21.3. The number of thiophene rings is 1. The van der Waals surface area contributed by atoms with Crippen molar-refractivity contribution in [2.75, 3.05) is 18.0 Å². The maximum absolute atomic E-state index is 12.5. The number of hydrogen-bond acceptors (Lipinski definition) is 8. The summed E-state index contributed by atoms with van der Waals surface area (Å²) in [6, 6.07) is 6.05. The third-order valence-corrected chi connectivity index (χ3v) is 6.72. The van der Waals surface area contributed by atoms with Gasteiger partial charge in [-0.1, -0.05) is 0 Å². The Labute approximate surface area is 177 Å². The molecule has 1 aliphatic heterocycles. The van der Waals surface area contributed by atoms with Crippen molar-refractivity contribution in [3.05, 3.63) is 56.7 Å². The van der Waals surface area contributed by atoms with Crippen LogP contribution in [0.15, 0.2) is 30.6 Å². The van der Waals surface area contributed by atoms with Gasteiger partial charge in [-0.05, 0) is 49.9 Å². The Hall–Kier alpha value is -3.07. The number of fused-ring (bicyclic) bond motifs is 1. The Balaban J connectivity index is 1.35. The molecular formula is C21H22N4O4S. The van der Waals surface area contributed by atoms with E-state index in [9.17, 15) is 14.9 Å². The lowest BCUT2D eigenvalue weighted by atomic mass is 9.96. The lowest BCUT2D eigenvalue weighted by Crippen LogP contribution is -2.37. The third kappa shape index (κ3) is 3.97. The van der Waals surface area contributed by atoms with E-state index >= 15 is 0 Å². The number of piperidine rings is 1. The van der Waals surface area contributed by atoms with E-state index in [0.29, 0.717) is 12.8 Å². The molecule has 4 rings (SSSR count). The van der Waals surface area contributed by atoms with Crippen LogP contribution in [0, 0.1) is 29.9 Å². The maximum atomic E-state index is 12.5. The standard InChI is InChI=1S/C21H22N4O4S/c1-13-14(2)30-20-18(13)19(22-12-23-20)24-9-7-16(8-10-24)21(26)29-11-15-3-5-17(6-4-15)25(27)28/h3-6,12,16H,7-11H2,1-2H3. The van der Waals surface area contributed by atoms with Gasteiger partial charge in [0.2, 0.25) is 0 Å². The van der Waals surface area contributed by atoms with E-state index in [2.05, 4.69) is 28.7 Å². The summed E-state index contributed by atoms with van der Waals surface area (Å²) in [5.41, 5.74) is 1.97. The molecule has 0 radical (unpaired) electrons. The van der Waals surface area contributed by atoms with E-state index in [-0.39, 0.29) is 24.2 Å². The first kappa shape index (κ1) is 20.2. The van der Waals surface area contributed by atoms with E-state index in [0.717, 1.165) is 34.7 Å². The normalized spacial score (nSPS) is 14.8. The predicted octanol–water partition coefficient (Wildman–Crippen LogP) is 4.18. The first-order valence-corrected chi connectivity index (χ1v) is 10.6. The molecule has 1 saturated heterocycles. The van der Waals surface area contributed by atoms with Crippen molar-refractivity contribution in [1.29, 1.82) is 0 Å². The second-order valence-electron chi connectivity index (χ2n) is 7.45. The monoisotopic (exact) mass is 426 g/mol. The van der Waals surface area contributed by atoms with Crippen LogP contribution >= 0.6 is 11.3 Å². The van der Waals surface area contributed by atoms with E-state index in [1.54, 1.807) is 29.8 Å². The van der Waals surface area contributed by atoms with Crippen LogP contribution in [-0.2, 0) is 16.1 Å². The fraction of sp³-hybridized carbons (Fsp3) is 0.381. The predicted molar refractivity (Wildman–Crippen MR) is 115 cm³/mol. The maximum Gasteiger partial charge on any atom is 0.309 e. The molecule has 3 aromatic rings. The molecule has 0 atom stereocenters. The first-order chi connectivity index (χ1) is 14.4. The van der Waals surface area contributed by atoms with Crippen molar-refractivity contribution in [3.8, 4) is 0 Å². The van der Waals surface area contributed by atoms with E-state index < -0.39 is 4.92 Å². The fourth-order valence-electron chi connectivity index (χ4n) is 3.72. The van der Waals surface area contributed by atoms with Gasteiger partial charge in [0.05, 0.1) is 16.2 Å². The summed E-state index contributed by atoms with van der Waals surface area (Å²) in [4.78, 5) is 36.1. The summed E-state index contributed by atoms with van der Waals surface area (Å²) in [5.74, 6) is 0.574. The van der Waals surface area contributed by atoms with Gasteiger partial charge in [-0.3, -0.25) is 14.9 Å². The Kier molecular flexibility index (Phi) is 5.63. The Morgan fingerprint density at radius 3 is 2.60 bits per heavy atom. The van der Waals surface area contributed by atoms with Crippen LogP contribution in [0.1, 0.15) is 28.8 Å². The molecule has 0 spiro atoms. The molecule has 0 aliphatic carbocycles. The fourth-order valence-corrected chi connectivity index (χ4v) is 4.71. The number of ether oxygens (including phenoxy) is 1. The quantitative estimate of drug-likeness (QED) is 0.343. The third-order valence-electron chi connectivity index (χ3n) is 5.60. The number of aryl methyl sites for hydroxylation is 2. The van der Waals surface area contributed by atoms with Crippen LogP contribution in [0.3, 0.4) is 0 Å². The average molecular weight is 426 g/mol. The zero-order valence-corrected chi connectivity index (χ0v) is 17.6. The summed E-state index contributed by atoms with van der Waals surface area (Å²) in [7, 11) is 0. The van der Waals surface area contributed by atoms with Crippen LogP contribution in [0.4, 0.5) is 11.5 Å². The van der Waals surface area contributed by atoms with Crippen LogP contribution in [0.2, 0.25) is 0 Å². The smallest absolute Gasteiger partial charge is 0.309 e. The van der Waals surface area contributed by atoms with Gasteiger partial charge < -0.3 is 9.64 Å². The topological polar surface area (TPSA) is 98.5 Å². The highest BCUT2D eigenvalue weighted by atomic mass is 32.1. The molecule has 2 aromatic heterocycles. The largest absolute Gasteiger partial charge is 0.461 e. The number of anilines is 1. The van der Waals surface area contributed by atoms with Crippen LogP contribution in [-0.4, -0.2) is 34.0 Å². The Bertz CT molecular complexity index is 1090. The van der Waals surface area contributed by atoms with E-state index in [1.165, 1.54) is 22.6 Å². The van der Waals surface area contributed by atoms with Gasteiger partial charge in [0.1, 0.15) is 23.6 Å². The molecule has 30 heavy (non-hydrogen) atoms. The SMILES string of the molecule is Cc1sc2ncnc(N3CCC(C(=O)OCc4ccc([N+](=O)[O-])cc4)CC3)c2c1C. The summed E-state index contributed by atoms with van der Waals surface area (Å²) in [6.07, 6.45) is 3.01. The minimum absolute atomic E-state index is 0.0207. The average Bonchev–Trinajstić information content (AvgIpc) is 3.06. The number of rotatable bonds is 5. The van der Waals surface area contributed by atoms with Crippen molar-refractivity contribution in [3.63, 3.8) is 0 Å². The summed E-state index contributed by atoms with van der Waals surface area (Å²) < 4.78 is 5.45. The molecule has 1 aliphatic rings. The summed E-state index contributed by atoms with van der Waals surface area (Å²) >= 11 is 1.68. The van der Waals surface area contributed by atoms with Gasteiger partial charge in [0.25, 0.3) is 5.69 Å². The molecule has 8 nitrogen and oxygen atoms in total. The number of nitro benzene ring substituents is 1. The molecule has 3 heterocycles.